The summed E-state index contributed by atoms with van der Waals surface area (Å²) in [5.74, 6) is 1.73. The summed E-state index contributed by atoms with van der Waals surface area (Å²) in [6.07, 6.45) is 2.54. The molecule has 20 heavy (non-hydrogen) atoms. The number of nitrogens with zero attached hydrogens (tertiary/aromatic N) is 1. The number of nitrogens with two attached hydrogens (primary N) is 1. The fourth-order valence-corrected chi connectivity index (χ4v) is 3.18. The Bertz CT molecular complexity index is 491. The molecule has 1 heterocycles. The Morgan fingerprint density at radius 2 is 2.05 bits per heavy atom. The molecule has 2 fully saturated rings. The van der Waals surface area contributed by atoms with Gasteiger partial charge in [0.1, 0.15) is 6.10 Å². The summed E-state index contributed by atoms with van der Waals surface area (Å²) in [4.78, 5) is 2.25. The standard InChI is InChI=1S/C16H24N2O2/c1-11(17)16(7-8-16)13-5-4-6-14(19-3)15(13)20-12-9-18(2)10-12/h4-6,11-12H,7-10,17H2,1-3H3. The number of ether oxygens (including phenoxy) is 2. The fraction of sp³-hybridized carbons (Fsp3) is 0.625. The number of hydrogen-bond donors (Lipinski definition) is 1. The molecule has 2 aliphatic rings. The van der Waals surface area contributed by atoms with Gasteiger partial charge in [-0.25, -0.2) is 0 Å². The lowest BCUT2D eigenvalue weighted by molar-refractivity contribution is 0.0357. The van der Waals surface area contributed by atoms with Crippen LogP contribution in [0.3, 0.4) is 0 Å². The van der Waals surface area contributed by atoms with Crippen LogP contribution in [0, 0.1) is 0 Å². The van der Waals surface area contributed by atoms with E-state index in [4.69, 9.17) is 15.2 Å². The van der Waals surface area contributed by atoms with Gasteiger partial charge in [-0.3, -0.25) is 4.90 Å². The van der Waals surface area contributed by atoms with E-state index in [2.05, 4.69) is 24.9 Å². The number of methoxy groups -OCH3 is 1. The average Bonchev–Trinajstić information content (AvgIpc) is 3.18. The van der Waals surface area contributed by atoms with E-state index in [1.54, 1.807) is 7.11 Å². The van der Waals surface area contributed by atoms with E-state index < -0.39 is 0 Å². The van der Waals surface area contributed by atoms with Crippen molar-refractivity contribution in [2.45, 2.75) is 37.3 Å². The molecule has 1 aliphatic heterocycles. The van der Waals surface area contributed by atoms with Crippen molar-refractivity contribution in [3.8, 4) is 11.5 Å². The third-order valence-electron chi connectivity index (χ3n) is 4.71. The summed E-state index contributed by atoms with van der Waals surface area (Å²) in [5, 5.41) is 0. The van der Waals surface area contributed by atoms with Crippen molar-refractivity contribution in [1.82, 2.24) is 4.90 Å². The molecule has 1 aromatic rings. The molecule has 110 valence electrons. The maximum Gasteiger partial charge on any atom is 0.165 e. The fourth-order valence-electron chi connectivity index (χ4n) is 3.18. The first-order chi connectivity index (χ1) is 9.56. The molecule has 1 aliphatic carbocycles. The van der Waals surface area contributed by atoms with Gasteiger partial charge < -0.3 is 15.2 Å². The third kappa shape index (κ3) is 2.17. The van der Waals surface area contributed by atoms with Crippen LogP contribution in [0.25, 0.3) is 0 Å². The Balaban J connectivity index is 1.93. The second-order valence-corrected chi connectivity index (χ2v) is 6.24. The van der Waals surface area contributed by atoms with Gasteiger partial charge in [0.2, 0.25) is 0 Å². The lowest BCUT2D eigenvalue weighted by Gasteiger charge is -2.37. The van der Waals surface area contributed by atoms with Crippen molar-refractivity contribution < 1.29 is 9.47 Å². The molecule has 1 unspecified atom stereocenters. The molecule has 1 atom stereocenters. The van der Waals surface area contributed by atoms with Crippen LogP contribution < -0.4 is 15.2 Å². The van der Waals surface area contributed by atoms with E-state index in [0.29, 0.717) is 0 Å². The summed E-state index contributed by atoms with van der Waals surface area (Å²) in [5.41, 5.74) is 7.53. The van der Waals surface area contributed by atoms with Crippen molar-refractivity contribution >= 4 is 0 Å². The molecule has 1 saturated heterocycles. The average molecular weight is 276 g/mol. The molecule has 0 spiro atoms. The summed E-state index contributed by atoms with van der Waals surface area (Å²) >= 11 is 0. The third-order valence-corrected chi connectivity index (χ3v) is 4.71. The highest BCUT2D eigenvalue weighted by Gasteiger charge is 2.50. The Morgan fingerprint density at radius 1 is 1.35 bits per heavy atom. The van der Waals surface area contributed by atoms with Gasteiger partial charge in [0.15, 0.2) is 11.5 Å². The minimum atomic E-state index is 0.0829. The van der Waals surface area contributed by atoms with Crippen molar-refractivity contribution in [3.63, 3.8) is 0 Å². The van der Waals surface area contributed by atoms with Gasteiger partial charge in [0.25, 0.3) is 0 Å². The largest absolute Gasteiger partial charge is 0.493 e. The van der Waals surface area contributed by atoms with E-state index in [1.165, 1.54) is 5.56 Å². The Hall–Kier alpha value is -1.26. The zero-order valence-electron chi connectivity index (χ0n) is 12.6. The van der Waals surface area contributed by atoms with E-state index in [-0.39, 0.29) is 17.6 Å². The predicted molar refractivity (Wildman–Crippen MR) is 79.5 cm³/mol. The van der Waals surface area contributed by atoms with Gasteiger partial charge in [-0.15, -0.1) is 0 Å². The first kappa shape index (κ1) is 13.7. The van der Waals surface area contributed by atoms with Gasteiger partial charge in [-0.05, 0) is 32.9 Å². The molecule has 3 rings (SSSR count). The van der Waals surface area contributed by atoms with Crippen molar-refractivity contribution in [2.75, 3.05) is 27.2 Å². The molecule has 4 heteroatoms. The van der Waals surface area contributed by atoms with Crippen LogP contribution >= 0.6 is 0 Å². The summed E-state index contributed by atoms with van der Waals surface area (Å²) < 4.78 is 11.7. The number of benzene rings is 1. The maximum atomic E-state index is 6.23. The predicted octanol–water partition coefficient (Wildman–Crippen LogP) is 1.77. The molecule has 0 radical (unpaired) electrons. The maximum absolute atomic E-state index is 6.23. The molecule has 0 amide bonds. The smallest absolute Gasteiger partial charge is 0.165 e. The number of likely N-dealkylation sites (N-methyl/N-ethyl adjacent to an activating group) is 1. The van der Waals surface area contributed by atoms with E-state index in [1.807, 2.05) is 12.1 Å². The monoisotopic (exact) mass is 276 g/mol. The summed E-state index contributed by atoms with van der Waals surface area (Å²) in [6, 6.07) is 6.30. The van der Waals surface area contributed by atoms with Crippen LogP contribution in [0.2, 0.25) is 0 Å². The minimum Gasteiger partial charge on any atom is -0.493 e. The number of para-hydroxylation sites is 1. The van der Waals surface area contributed by atoms with Gasteiger partial charge >= 0.3 is 0 Å². The van der Waals surface area contributed by atoms with Crippen LogP contribution in [0.15, 0.2) is 18.2 Å². The van der Waals surface area contributed by atoms with Gasteiger partial charge in [0, 0.05) is 30.1 Å². The molecule has 4 nitrogen and oxygen atoms in total. The number of hydrogen-bond acceptors (Lipinski definition) is 4. The van der Waals surface area contributed by atoms with Crippen LogP contribution in [0.1, 0.15) is 25.3 Å². The van der Waals surface area contributed by atoms with Crippen LogP contribution in [-0.2, 0) is 5.41 Å². The van der Waals surface area contributed by atoms with Gasteiger partial charge in [0.05, 0.1) is 7.11 Å². The quantitative estimate of drug-likeness (QED) is 0.890. The molecule has 1 aromatic carbocycles. The normalized spacial score (nSPS) is 23.0. The SMILES string of the molecule is COc1cccc(C2(C(C)N)CC2)c1OC1CN(C)C1. The zero-order valence-corrected chi connectivity index (χ0v) is 12.6. The molecule has 2 N–H and O–H groups in total. The lowest BCUT2D eigenvalue weighted by Crippen LogP contribution is -2.51. The second kappa shape index (κ2) is 4.93. The summed E-state index contributed by atoms with van der Waals surface area (Å²) in [6.45, 7) is 4.04. The summed E-state index contributed by atoms with van der Waals surface area (Å²) in [7, 11) is 3.80. The molecule has 0 aromatic heterocycles. The van der Waals surface area contributed by atoms with E-state index >= 15 is 0 Å². The molecule has 0 bridgehead atoms. The number of rotatable bonds is 5. The minimum absolute atomic E-state index is 0.0829. The molecular weight excluding hydrogens is 252 g/mol. The second-order valence-electron chi connectivity index (χ2n) is 6.24. The Kier molecular flexibility index (Phi) is 3.38. The van der Waals surface area contributed by atoms with E-state index in [0.717, 1.165) is 37.4 Å². The Morgan fingerprint density at radius 3 is 2.55 bits per heavy atom. The van der Waals surface area contributed by atoms with Crippen LogP contribution in [-0.4, -0.2) is 44.3 Å². The highest BCUT2D eigenvalue weighted by atomic mass is 16.5. The highest BCUT2D eigenvalue weighted by Crippen LogP contribution is 2.55. The van der Waals surface area contributed by atoms with Gasteiger partial charge in [-0.2, -0.15) is 0 Å². The lowest BCUT2D eigenvalue weighted by atomic mass is 9.88. The topological polar surface area (TPSA) is 47.7 Å². The Labute approximate surface area is 120 Å². The van der Waals surface area contributed by atoms with E-state index in [9.17, 15) is 0 Å². The van der Waals surface area contributed by atoms with Crippen LogP contribution in [0.4, 0.5) is 0 Å². The first-order valence-electron chi connectivity index (χ1n) is 7.35. The highest BCUT2D eigenvalue weighted by molar-refractivity contribution is 5.53. The van der Waals surface area contributed by atoms with Crippen LogP contribution in [0.5, 0.6) is 11.5 Å². The number of likely N-dealkylation sites (tertiary alicyclic amines) is 1. The van der Waals surface area contributed by atoms with Crippen molar-refractivity contribution in [2.24, 2.45) is 5.73 Å². The van der Waals surface area contributed by atoms with Crippen molar-refractivity contribution in [3.05, 3.63) is 23.8 Å². The zero-order chi connectivity index (χ0) is 14.3. The van der Waals surface area contributed by atoms with Gasteiger partial charge in [-0.1, -0.05) is 12.1 Å². The first-order valence-corrected chi connectivity index (χ1v) is 7.35. The molecular formula is C16H24N2O2. The molecule has 1 saturated carbocycles. The van der Waals surface area contributed by atoms with Crippen molar-refractivity contribution in [1.29, 1.82) is 0 Å².